The molecule has 0 amide bonds. The Morgan fingerprint density at radius 3 is 2.82 bits per heavy atom. The Morgan fingerprint density at radius 1 is 1.35 bits per heavy atom. The monoisotopic (exact) mass is 240 g/mol. The van der Waals surface area contributed by atoms with Crippen LogP contribution in [0.3, 0.4) is 0 Å². The number of methoxy groups -OCH3 is 1. The van der Waals surface area contributed by atoms with Gasteiger partial charge in [0, 0.05) is 6.42 Å². The van der Waals surface area contributed by atoms with Crippen molar-refractivity contribution in [2.45, 2.75) is 26.2 Å². The molecule has 1 aromatic rings. The van der Waals surface area contributed by atoms with E-state index in [1.165, 1.54) is 13.2 Å². The van der Waals surface area contributed by atoms with Gasteiger partial charge in [0.1, 0.15) is 0 Å². The fraction of sp³-hybridized carbons (Fsp3) is 0.462. The molecule has 0 fully saturated rings. The van der Waals surface area contributed by atoms with Crippen molar-refractivity contribution in [1.82, 2.24) is 0 Å². The number of carbonyl (C=O) groups is 1. The topological polar surface area (TPSA) is 35.5 Å². The molecular formula is C13H17FO3. The maximum Gasteiger partial charge on any atom is 0.305 e. The Morgan fingerprint density at radius 2 is 2.12 bits per heavy atom. The Labute approximate surface area is 101 Å². The van der Waals surface area contributed by atoms with Crippen LogP contribution in [0.25, 0.3) is 0 Å². The summed E-state index contributed by atoms with van der Waals surface area (Å²) in [6, 6.07) is 4.74. The van der Waals surface area contributed by atoms with Crippen molar-refractivity contribution in [3.8, 4) is 5.75 Å². The van der Waals surface area contributed by atoms with Crippen LogP contribution in [-0.2, 0) is 9.53 Å². The zero-order chi connectivity index (χ0) is 12.7. The van der Waals surface area contributed by atoms with Gasteiger partial charge in [-0.3, -0.25) is 4.79 Å². The molecule has 3 nitrogen and oxygen atoms in total. The van der Waals surface area contributed by atoms with E-state index in [4.69, 9.17) is 4.74 Å². The second-order valence-electron chi connectivity index (χ2n) is 3.82. The van der Waals surface area contributed by atoms with E-state index in [0.29, 0.717) is 25.9 Å². The third kappa shape index (κ3) is 4.85. The van der Waals surface area contributed by atoms with E-state index in [2.05, 4.69) is 4.74 Å². The average Bonchev–Trinajstić information content (AvgIpc) is 2.32. The van der Waals surface area contributed by atoms with Crippen LogP contribution >= 0.6 is 0 Å². The Hall–Kier alpha value is -1.58. The Balaban J connectivity index is 2.26. The van der Waals surface area contributed by atoms with Crippen LogP contribution in [0.15, 0.2) is 18.2 Å². The van der Waals surface area contributed by atoms with Crippen LogP contribution in [0.1, 0.15) is 24.8 Å². The van der Waals surface area contributed by atoms with Gasteiger partial charge in [-0.1, -0.05) is 6.07 Å². The minimum absolute atomic E-state index is 0.230. The van der Waals surface area contributed by atoms with Crippen molar-refractivity contribution in [2.24, 2.45) is 0 Å². The molecule has 0 aromatic heterocycles. The molecule has 1 rings (SSSR count). The summed E-state index contributed by atoms with van der Waals surface area (Å²) in [5.74, 6) is -0.321. The number of ether oxygens (including phenoxy) is 2. The largest absolute Gasteiger partial charge is 0.491 e. The number of unbranched alkanes of at least 4 members (excludes halogenated alkanes) is 1. The summed E-state index contributed by atoms with van der Waals surface area (Å²) in [6.07, 6.45) is 1.75. The van der Waals surface area contributed by atoms with Gasteiger partial charge < -0.3 is 9.47 Å². The normalized spacial score (nSPS) is 10.1. The third-order valence-electron chi connectivity index (χ3n) is 2.35. The lowest BCUT2D eigenvalue weighted by molar-refractivity contribution is -0.140. The molecule has 17 heavy (non-hydrogen) atoms. The summed E-state index contributed by atoms with van der Waals surface area (Å²) in [5.41, 5.74) is 0.955. The van der Waals surface area contributed by atoms with Gasteiger partial charge in [0.2, 0.25) is 0 Å². The average molecular weight is 240 g/mol. The van der Waals surface area contributed by atoms with E-state index < -0.39 is 0 Å². The van der Waals surface area contributed by atoms with Gasteiger partial charge in [-0.25, -0.2) is 4.39 Å². The molecular weight excluding hydrogens is 223 g/mol. The predicted molar refractivity (Wildman–Crippen MR) is 62.5 cm³/mol. The fourth-order valence-electron chi connectivity index (χ4n) is 1.38. The molecule has 4 heteroatoms. The quantitative estimate of drug-likeness (QED) is 0.566. The number of aryl methyl sites for hydroxylation is 1. The predicted octanol–water partition coefficient (Wildman–Crippen LogP) is 2.86. The summed E-state index contributed by atoms with van der Waals surface area (Å²) >= 11 is 0. The third-order valence-corrected chi connectivity index (χ3v) is 2.35. The molecule has 0 N–H and O–H groups in total. The molecule has 0 heterocycles. The molecule has 0 saturated heterocycles. The molecule has 0 saturated carbocycles. The number of esters is 1. The molecule has 0 spiro atoms. The number of carbonyl (C=O) groups excluding carboxylic acids is 1. The lowest BCUT2D eigenvalue weighted by Crippen LogP contribution is -2.03. The van der Waals surface area contributed by atoms with Crippen LogP contribution in [0.2, 0.25) is 0 Å². The van der Waals surface area contributed by atoms with Crippen molar-refractivity contribution in [3.63, 3.8) is 0 Å². The molecule has 0 bridgehead atoms. The Kier molecular flexibility index (Phi) is 5.46. The van der Waals surface area contributed by atoms with Gasteiger partial charge >= 0.3 is 5.97 Å². The highest BCUT2D eigenvalue weighted by Gasteiger charge is 2.04. The minimum Gasteiger partial charge on any atom is -0.491 e. The lowest BCUT2D eigenvalue weighted by atomic mass is 10.2. The van der Waals surface area contributed by atoms with Crippen LogP contribution in [-0.4, -0.2) is 19.7 Å². The van der Waals surface area contributed by atoms with Crippen molar-refractivity contribution in [3.05, 3.63) is 29.6 Å². The molecule has 0 unspecified atom stereocenters. The molecule has 0 radical (unpaired) electrons. The van der Waals surface area contributed by atoms with E-state index in [-0.39, 0.29) is 17.5 Å². The van der Waals surface area contributed by atoms with Gasteiger partial charge in [0.05, 0.1) is 13.7 Å². The zero-order valence-corrected chi connectivity index (χ0v) is 10.2. The van der Waals surface area contributed by atoms with Gasteiger partial charge in [-0.05, 0) is 37.5 Å². The molecule has 1 aromatic carbocycles. The molecule has 0 aliphatic carbocycles. The second-order valence-corrected chi connectivity index (χ2v) is 3.82. The number of hydrogen-bond acceptors (Lipinski definition) is 3. The first-order chi connectivity index (χ1) is 8.13. The van der Waals surface area contributed by atoms with E-state index >= 15 is 0 Å². The van der Waals surface area contributed by atoms with E-state index in [1.807, 2.05) is 6.92 Å². The number of benzene rings is 1. The SMILES string of the molecule is COC(=O)CCCCOc1cc(C)ccc1F. The first-order valence-corrected chi connectivity index (χ1v) is 5.59. The number of rotatable bonds is 6. The van der Waals surface area contributed by atoms with E-state index in [9.17, 15) is 9.18 Å². The van der Waals surface area contributed by atoms with Crippen molar-refractivity contribution >= 4 is 5.97 Å². The highest BCUT2D eigenvalue weighted by molar-refractivity contribution is 5.68. The van der Waals surface area contributed by atoms with Crippen LogP contribution in [0.5, 0.6) is 5.75 Å². The minimum atomic E-state index is -0.358. The first kappa shape index (κ1) is 13.5. The summed E-state index contributed by atoms with van der Waals surface area (Å²) in [5, 5.41) is 0. The lowest BCUT2D eigenvalue weighted by Gasteiger charge is -2.07. The first-order valence-electron chi connectivity index (χ1n) is 5.59. The number of hydrogen-bond donors (Lipinski definition) is 0. The standard InChI is InChI=1S/C13H17FO3/c1-10-6-7-11(14)12(9-10)17-8-4-3-5-13(15)16-2/h6-7,9H,3-5,8H2,1-2H3. The second kappa shape index (κ2) is 6.89. The van der Waals surface area contributed by atoms with Crippen molar-refractivity contribution in [2.75, 3.05) is 13.7 Å². The van der Waals surface area contributed by atoms with Gasteiger partial charge in [-0.2, -0.15) is 0 Å². The van der Waals surface area contributed by atoms with Crippen molar-refractivity contribution < 1.29 is 18.7 Å². The van der Waals surface area contributed by atoms with Crippen LogP contribution < -0.4 is 4.74 Å². The zero-order valence-electron chi connectivity index (χ0n) is 10.2. The molecule has 94 valence electrons. The van der Waals surface area contributed by atoms with Crippen molar-refractivity contribution in [1.29, 1.82) is 0 Å². The Bertz CT molecular complexity index is 377. The molecule has 0 atom stereocenters. The van der Waals surface area contributed by atoms with E-state index in [1.54, 1.807) is 12.1 Å². The van der Waals surface area contributed by atoms with Crippen LogP contribution in [0, 0.1) is 12.7 Å². The highest BCUT2D eigenvalue weighted by atomic mass is 19.1. The van der Waals surface area contributed by atoms with Crippen LogP contribution in [0.4, 0.5) is 4.39 Å². The summed E-state index contributed by atoms with van der Waals surface area (Å²) < 4.78 is 23.1. The fourth-order valence-corrected chi connectivity index (χ4v) is 1.38. The van der Waals surface area contributed by atoms with Gasteiger partial charge in [0.15, 0.2) is 11.6 Å². The van der Waals surface area contributed by atoms with Gasteiger partial charge in [-0.15, -0.1) is 0 Å². The highest BCUT2D eigenvalue weighted by Crippen LogP contribution is 2.18. The maximum absolute atomic E-state index is 13.3. The summed E-state index contributed by atoms with van der Waals surface area (Å²) in [6.45, 7) is 2.28. The number of halogens is 1. The smallest absolute Gasteiger partial charge is 0.305 e. The van der Waals surface area contributed by atoms with Gasteiger partial charge in [0.25, 0.3) is 0 Å². The summed E-state index contributed by atoms with van der Waals surface area (Å²) in [4.78, 5) is 10.8. The van der Waals surface area contributed by atoms with E-state index in [0.717, 1.165) is 5.56 Å². The summed E-state index contributed by atoms with van der Waals surface area (Å²) in [7, 11) is 1.36. The molecule has 0 aliphatic rings. The maximum atomic E-state index is 13.3. The molecule has 0 aliphatic heterocycles.